The molecule has 0 atom stereocenters. The third-order valence-electron chi connectivity index (χ3n) is 2.23. The molecule has 0 aliphatic heterocycles. The summed E-state index contributed by atoms with van der Waals surface area (Å²) in [5.41, 5.74) is 2.55. The first-order valence-corrected chi connectivity index (χ1v) is 5.64. The third-order valence-corrected chi connectivity index (χ3v) is 2.23. The molecule has 0 aliphatic rings. The molecule has 0 saturated carbocycles. The average Bonchev–Trinajstić information content (AvgIpc) is 2.26. The number of hydrogen-bond acceptors (Lipinski definition) is 1. The second kappa shape index (κ2) is 6.16. The lowest BCUT2D eigenvalue weighted by molar-refractivity contribution is 0.699. The van der Waals surface area contributed by atoms with E-state index in [0.29, 0.717) is 6.04 Å². The van der Waals surface area contributed by atoms with Crippen LogP contribution in [0.3, 0.4) is 0 Å². The number of nitrogens with zero attached hydrogens (tertiary/aromatic N) is 1. The molecule has 1 rings (SSSR count). The van der Waals surface area contributed by atoms with Crippen molar-refractivity contribution in [3.8, 4) is 0 Å². The molecule has 0 aliphatic carbocycles. The summed E-state index contributed by atoms with van der Waals surface area (Å²) < 4.78 is 0. The fourth-order valence-electron chi connectivity index (χ4n) is 1.36. The van der Waals surface area contributed by atoms with Crippen LogP contribution in [0, 0.1) is 6.92 Å². The Morgan fingerprint density at radius 1 is 1.25 bits per heavy atom. The van der Waals surface area contributed by atoms with Gasteiger partial charge in [0.1, 0.15) is 0 Å². The molecule has 1 aromatic rings. The van der Waals surface area contributed by atoms with Gasteiger partial charge in [0, 0.05) is 19.6 Å². The van der Waals surface area contributed by atoms with E-state index in [1.54, 1.807) is 7.05 Å². The molecule has 0 radical (unpaired) electrons. The maximum Gasteiger partial charge on any atom is 0.191 e. The summed E-state index contributed by atoms with van der Waals surface area (Å²) in [7, 11) is 1.78. The minimum Gasteiger partial charge on any atom is -0.354 e. The second-order valence-electron chi connectivity index (χ2n) is 4.21. The Morgan fingerprint density at radius 3 is 2.38 bits per heavy atom. The highest BCUT2D eigenvalue weighted by Gasteiger charge is 1.99. The lowest BCUT2D eigenvalue weighted by Gasteiger charge is -2.14. The van der Waals surface area contributed by atoms with Gasteiger partial charge < -0.3 is 10.6 Å². The average molecular weight is 219 g/mol. The van der Waals surface area contributed by atoms with E-state index in [4.69, 9.17) is 0 Å². The minimum absolute atomic E-state index is 0.393. The Morgan fingerprint density at radius 2 is 1.88 bits per heavy atom. The van der Waals surface area contributed by atoms with Gasteiger partial charge in [-0.15, -0.1) is 0 Å². The molecule has 3 heteroatoms. The first-order valence-electron chi connectivity index (χ1n) is 5.64. The Hall–Kier alpha value is -1.51. The van der Waals surface area contributed by atoms with Crippen LogP contribution >= 0.6 is 0 Å². The van der Waals surface area contributed by atoms with Gasteiger partial charge in [-0.1, -0.05) is 29.8 Å². The van der Waals surface area contributed by atoms with Crippen molar-refractivity contribution in [1.82, 2.24) is 10.6 Å². The van der Waals surface area contributed by atoms with E-state index in [0.717, 1.165) is 12.5 Å². The number of nitrogens with one attached hydrogen (secondary N) is 2. The predicted octanol–water partition coefficient (Wildman–Crippen LogP) is 2.07. The lowest BCUT2D eigenvalue weighted by Crippen LogP contribution is -2.40. The quantitative estimate of drug-likeness (QED) is 0.603. The van der Waals surface area contributed by atoms with Crippen LogP contribution in [0.2, 0.25) is 0 Å². The van der Waals surface area contributed by atoms with Crippen molar-refractivity contribution < 1.29 is 0 Å². The van der Waals surface area contributed by atoms with Gasteiger partial charge in [-0.3, -0.25) is 4.99 Å². The van der Waals surface area contributed by atoms with Crippen LogP contribution < -0.4 is 10.6 Å². The van der Waals surface area contributed by atoms with Gasteiger partial charge in [0.05, 0.1) is 0 Å². The number of aliphatic imine (C=N–C) groups is 1. The Labute approximate surface area is 98.0 Å². The molecule has 0 unspecified atom stereocenters. The zero-order chi connectivity index (χ0) is 12.0. The number of rotatable bonds is 3. The maximum atomic E-state index is 4.16. The van der Waals surface area contributed by atoms with Crippen LogP contribution in [0.25, 0.3) is 0 Å². The van der Waals surface area contributed by atoms with Crippen molar-refractivity contribution in [1.29, 1.82) is 0 Å². The standard InChI is InChI=1S/C13H21N3/c1-10(2)16-13(14-4)15-9-12-7-5-11(3)6-8-12/h5-8,10H,9H2,1-4H3,(H2,14,15,16). The number of benzene rings is 1. The highest BCUT2D eigenvalue weighted by Crippen LogP contribution is 2.02. The topological polar surface area (TPSA) is 36.4 Å². The van der Waals surface area contributed by atoms with Gasteiger partial charge in [0.25, 0.3) is 0 Å². The zero-order valence-corrected chi connectivity index (χ0v) is 10.5. The van der Waals surface area contributed by atoms with Crippen molar-refractivity contribution in [2.24, 2.45) is 4.99 Å². The Bertz CT molecular complexity index is 339. The highest BCUT2D eigenvalue weighted by molar-refractivity contribution is 5.79. The molecular formula is C13H21N3. The van der Waals surface area contributed by atoms with Gasteiger partial charge in [0.15, 0.2) is 5.96 Å². The summed E-state index contributed by atoms with van der Waals surface area (Å²) >= 11 is 0. The molecule has 0 amide bonds. The highest BCUT2D eigenvalue weighted by atomic mass is 15.2. The monoisotopic (exact) mass is 219 g/mol. The van der Waals surface area contributed by atoms with E-state index in [-0.39, 0.29) is 0 Å². The van der Waals surface area contributed by atoms with Crippen LogP contribution in [-0.2, 0) is 6.54 Å². The zero-order valence-electron chi connectivity index (χ0n) is 10.5. The van der Waals surface area contributed by atoms with Crippen molar-refractivity contribution in [2.75, 3.05) is 7.05 Å². The smallest absolute Gasteiger partial charge is 0.191 e. The number of guanidine groups is 1. The number of hydrogen-bond donors (Lipinski definition) is 2. The summed E-state index contributed by atoms with van der Waals surface area (Å²) in [6, 6.07) is 8.89. The van der Waals surface area contributed by atoms with Crippen LogP contribution in [0.4, 0.5) is 0 Å². The first kappa shape index (κ1) is 12.6. The van der Waals surface area contributed by atoms with Crippen molar-refractivity contribution in [3.63, 3.8) is 0 Å². The lowest BCUT2D eigenvalue weighted by atomic mass is 10.1. The SMILES string of the molecule is CN=C(NCc1ccc(C)cc1)NC(C)C. The molecule has 0 bridgehead atoms. The largest absolute Gasteiger partial charge is 0.354 e. The van der Waals surface area contributed by atoms with E-state index in [9.17, 15) is 0 Å². The van der Waals surface area contributed by atoms with E-state index < -0.39 is 0 Å². The van der Waals surface area contributed by atoms with Gasteiger partial charge in [-0.2, -0.15) is 0 Å². The van der Waals surface area contributed by atoms with Crippen LogP contribution in [0.5, 0.6) is 0 Å². The molecule has 2 N–H and O–H groups in total. The molecule has 0 fully saturated rings. The van der Waals surface area contributed by atoms with Gasteiger partial charge in [-0.25, -0.2) is 0 Å². The first-order chi connectivity index (χ1) is 7.61. The molecule has 0 aromatic heterocycles. The van der Waals surface area contributed by atoms with Crippen molar-refractivity contribution in [2.45, 2.75) is 33.4 Å². The summed E-state index contributed by atoms with van der Waals surface area (Å²) in [5.74, 6) is 0.843. The molecular weight excluding hydrogens is 198 g/mol. The third kappa shape index (κ3) is 4.34. The van der Waals surface area contributed by atoms with E-state index in [1.165, 1.54) is 11.1 Å². The van der Waals surface area contributed by atoms with Gasteiger partial charge in [0.2, 0.25) is 0 Å². The van der Waals surface area contributed by atoms with Crippen molar-refractivity contribution >= 4 is 5.96 Å². The summed E-state index contributed by atoms with van der Waals surface area (Å²) in [6.07, 6.45) is 0. The van der Waals surface area contributed by atoms with Gasteiger partial charge >= 0.3 is 0 Å². The Balaban J connectivity index is 2.47. The van der Waals surface area contributed by atoms with E-state index in [2.05, 4.69) is 60.7 Å². The summed E-state index contributed by atoms with van der Waals surface area (Å²) in [4.78, 5) is 4.16. The van der Waals surface area contributed by atoms with Crippen LogP contribution in [-0.4, -0.2) is 19.0 Å². The molecule has 88 valence electrons. The minimum atomic E-state index is 0.393. The Kier molecular flexibility index (Phi) is 4.83. The van der Waals surface area contributed by atoms with E-state index in [1.807, 2.05) is 0 Å². The van der Waals surface area contributed by atoms with Crippen LogP contribution in [0.1, 0.15) is 25.0 Å². The van der Waals surface area contributed by atoms with Gasteiger partial charge in [-0.05, 0) is 26.3 Å². The van der Waals surface area contributed by atoms with Crippen LogP contribution in [0.15, 0.2) is 29.3 Å². The molecule has 1 aromatic carbocycles. The number of aryl methyl sites for hydroxylation is 1. The molecule has 16 heavy (non-hydrogen) atoms. The normalized spacial score (nSPS) is 11.7. The molecule has 0 spiro atoms. The van der Waals surface area contributed by atoms with E-state index >= 15 is 0 Å². The van der Waals surface area contributed by atoms with Crippen molar-refractivity contribution in [3.05, 3.63) is 35.4 Å². The fourth-order valence-corrected chi connectivity index (χ4v) is 1.36. The molecule has 0 heterocycles. The maximum absolute atomic E-state index is 4.16. The molecule has 0 saturated heterocycles. The second-order valence-corrected chi connectivity index (χ2v) is 4.21. The summed E-state index contributed by atoms with van der Waals surface area (Å²) in [6.45, 7) is 7.08. The molecule has 3 nitrogen and oxygen atoms in total. The fraction of sp³-hybridized carbons (Fsp3) is 0.462. The summed E-state index contributed by atoms with van der Waals surface area (Å²) in [5, 5.41) is 6.53. The predicted molar refractivity (Wildman–Crippen MR) is 69.6 cm³/mol.